The Bertz CT molecular complexity index is 1440. The molecule has 4 heteroatoms. The molecular weight excluding hydrogens is 422 g/mol. The summed E-state index contributed by atoms with van der Waals surface area (Å²) in [4.78, 5) is 15.3. The van der Waals surface area contributed by atoms with Crippen LogP contribution >= 0.6 is 0 Å². The minimum Gasteiger partial charge on any atom is -0.456 e. The minimum atomic E-state index is -1.03. The smallest absolute Gasteiger partial charge is 0.340 e. The molecule has 0 bridgehead atoms. The number of rotatable bonds is 3. The molecule has 0 fully saturated rings. The largest absolute Gasteiger partial charge is 0.456 e. The van der Waals surface area contributed by atoms with E-state index in [1.165, 1.54) is 5.56 Å². The molecule has 1 unspecified atom stereocenters. The third kappa shape index (κ3) is 2.81. The molecule has 6 rings (SSSR count). The molecule has 4 nitrogen and oxygen atoms in total. The lowest BCUT2D eigenvalue weighted by molar-refractivity contribution is 0.0222. The summed E-state index contributed by atoms with van der Waals surface area (Å²) in [5.41, 5.74) is 6.55. The molecule has 1 spiro atoms. The van der Waals surface area contributed by atoms with Gasteiger partial charge in [-0.3, -0.25) is 0 Å². The van der Waals surface area contributed by atoms with Gasteiger partial charge >= 0.3 is 5.97 Å². The van der Waals surface area contributed by atoms with Gasteiger partial charge in [0.2, 0.25) is 0 Å². The maximum atomic E-state index is 13.0. The highest BCUT2D eigenvalue weighted by molar-refractivity contribution is 5.97. The summed E-state index contributed by atoms with van der Waals surface area (Å²) in [6, 6.07) is 28.3. The lowest BCUT2D eigenvalue weighted by Crippen LogP contribution is -2.34. The highest BCUT2D eigenvalue weighted by atomic mass is 16.6. The first-order valence-electron chi connectivity index (χ1n) is 11.6. The van der Waals surface area contributed by atoms with Crippen LogP contribution in [0.2, 0.25) is 0 Å². The van der Waals surface area contributed by atoms with Gasteiger partial charge in [0, 0.05) is 35.1 Å². The Hall–Kier alpha value is -4.05. The van der Waals surface area contributed by atoms with Crippen LogP contribution in [0, 0.1) is 13.8 Å². The van der Waals surface area contributed by atoms with Crippen molar-refractivity contribution in [3.63, 3.8) is 0 Å². The van der Waals surface area contributed by atoms with E-state index < -0.39 is 5.60 Å². The Morgan fingerprint density at radius 1 is 0.794 bits per heavy atom. The van der Waals surface area contributed by atoms with Crippen molar-refractivity contribution in [1.82, 2.24) is 0 Å². The van der Waals surface area contributed by atoms with E-state index >= 15 is 0 Å². The number of fused-ring (bicyclic) bond motifs is 6. The van der Waals surface area contributed by atoms with Crippen LogP contribution in [-0.2, 0) is 10.3 Å². The van der Waals surface area contributed by atoms with Gasteiger partial charge in [0.15, 0.2) is 5.60 Å². The average molecular weight is 448 g/mol. The number of ether oxygens (including phenoxy) is 2. The lowest BCUT2D eigenvalue weighted by Gasteiger charge is -2.38. The van der Waals surface area contributed by atoms with Crippen molar-refractivity contribution in [2.45, 2.75) is 26.4 Å². The monoisotopic (exact) mass is 447 g/mol. The summed E-state index contributed by atoms with van der Waals surface area (Å²) in [5, 5.41) is 0. The fourth-order valence-corrected chi connectivity index (χ4v) is 5.33. The van der Waals surface area contributed by atoms with E-state index in [1.807, 2.05) is 55.5 Å². The first-order valence-corrected chi connectivity index (χ1v) is 11.6. The first kappa shape index (κ1) is 20.5. The normalized spacial score (nSPS) is 17.4. The third-order valence-electron chi connectivity index (χ3n) is 6.90. The van der Waals surface area contributed by atoms with Crippen LogP contribution in [0.25, 0.3) is 0 Å². The van der Waals surface area contributed by atoms with Crippen LogP contribution in [0.3, 0.4) is 0 Å². The Morgan fingerprint density at radius 2 is 1.56 bits per heavy atom. The number of hydrogen-bond donors (Lipinski definition) is 0. The van der Waals surface area contributed by atoms with E-state index in [-0.39, 0.29) is 5.97 Å². The predicted octanol–water partition coefficient (Wildman–Crippen LogP) is 7.03. The number of esters is 1. The minimum absolute atomic E-state index is 0.309. The summed E-state index contributed by atoms with van der Waals surface area (Å²) in [7, 11) is 0. The van der Waals surface area contributed by atoms with Crippen molar-refractivity contribution in [3.05, 3.63) is 118 Å². The van der Waals surface area contributed by atoms with Gasteiger partial charge in [-0.1, -0.05) is 48.0 Å². The SMILES string of the molecule is CCN(c1ccc(C)cc1)c1ccc2c(c1)Oc1cccc(C)c1C21OC(=O)c2ccccc21. The van der Waals surface area contributed by atoms with Gasteiger partial charge in [0.1, 0.15) is 11.5 Å². The highest BCUT2D eigenvalue weighted by Crippen LogP contribution is 2.57. The van der Waals surface area contributed by atoms with Crippen molar-refractivity contribution in [1.29, 1.82) is 0 Å². The van der Waals surface area contributed by atoms with Gasteiger partial charge in [-0.25, -0.2) is 4.79 Å². The van der Waals surface area contributed by atoms with E-state index in [0.29, 0.717) is 17.1 Å². The van der Waals surface area contributed by atoms with E-state index in [4.69, 9.17) is 9.47 Å². The molecule has 34 heavy (non-hydrogen) atoms. The van der Waals surface area contributed by atoms with Gasteiger partial charge in [0.25, 0.3) is 0 Å². The van der Waals surface area contributed by atoms with Gasteiger partial charge in [-0.05, 0) is 62.7 Å². The number of nitrogens with zero attached hydrogens (tertiary/aromatic N) is 1. The van der Waals surface area contributed by atoms with Crippen molar-refractivity contribution in [2.24, 2.45) is 0 Å². The summed E-state index contributed by atoms with van der Waals surface area (Å²) in [6.45, 7) is 7.07. The molecule has 2 aliphatic rings. The fraction of sp³-hybridized carbons (Fsp3) is 0.167. The Balaban J connectivity index is 1.57. The van der Waals surface area contributed by atoms with Crippen LogP contribution < -0.4 is 9.64 Å². The van der Waals surface area contributed by atoms with Crippen molar-refractivity contribution >= 4 is 17.3 Å². The van der Waals surface area contributed by atoms with Crippen LogP contribution in [0.1, 0.15) is 45.1 Å². The molecule has 4 aromatic carbocycles. The lowest BCUT2D eigenvalue weighted by atomic mass is 9.76. The average Bonchev–Trinajstić information content (AvgIpc) is 3.13. The molecule has 2 heterocycles. The second-order valence-electron chi connectivity index (χ2n) is 8.93. The molecule has 0 aliphatic carbocycles. The third-order valence-corrected chi connectivity index (χ3v) is 6.90. The molecule has 4 aromatic rings. The van der Waals surface area contributed by atoms with Gasteiger partial charge in [0.05, 0.1) is 11.1 Å². The molecule has 0 aromatic heterocycles. The summed E-state index contributed by atoms with van der Waals surface area (Å²) >= 11 is 0. The van der Waals surface area contributed by atoms with Crippen LogP contribution in [0.15, 0.2) is 84.9 Å². The number of hydrogen-bond acceptors (Lipinski definition) is 4. The molecule has 1 atom stereocenters. The number of carbonyl (C=O) groups excluding carboxylic acids is 1. The van der Waals surface area contributed by atoms with E-state index in [9.17, 15) is 4.79 Å². The number of benzene rings is 4. The maximum Gasteiger partial charge on any atom is 0.340 e. The second-order valence-corrected chi connectivity index (χ2v) is 8.93. The van der Waals surface area contributed by atoms with Crippen molar-refractivity contribution in [2.75, 3.05) is 11.4 Å². The summed E-state index contributed by atoms with van der Waals surface area (Å²) in [6.07, 6.45) is 0. The van der Waals surface area contributed by atoms with E-state index in [1.54, 1.807) is 0 Å². The number of aryl methyl sites for hydroxylation is 2. The molecule has 0 saturated carbocycles. The fourth-order valence-electron chi connectivity index (χ4n) is 5.33. The zero-order chi connectivity index (χ0) is 23.4. The van der Waals surface area contributed by atoms with Crippen molar-refractivity contribution < 1.29 is 14.3 Å². The van der Waals surface area contributed by atoms with Crippen LogP contribution in [-0.4, -0.2) is 12.5 Å². The number of anilines is 2. The molecule has 0 amide bonds. The van der Waals surface area contributed by atoms with E-state index in [0.717, 1.165) is 40.2 Å². The quantitative estimate of drug-likeness (QED) is 0.316. The summed E-state index contributed by atoms with van der Waals surface area (Å²) in [5.74, 6) is 1.11. The van der Waals surface area contributed by atoms with Crippen LogP contribution in [0.4, 0.5) is 11.4 Å². The highest BCUT2D eigenvalue weighted by Gasteiger charge is 2.54. The molecule has 0 N–H and O–H groups in total. The predicted molar refractivity (Wildman–Crippen MR) is 133 cm³/mol. The Kier molecular flexibility index (Phi) is 4.53. The standard InChI is InChI=1S/C30H25NO3/c1-4-31(21-14-12-19(2)13-15-21)22-16-17-25-27(18-22)33-26-11-7-8-20(3)28(26)30(25)24-10-6-5-9-23(24)29(32)34-30/h5-18H,4H2,1-3H3. The Labute approximate surface area is 199 Å². The second kappa shape index (κ2) is 7.49. The topological polar surface area (TPSA) is 38.8 Å². The van der Waals surface area contributed by atoms with E-state index in [2.05, 4.69) is 55.1 Å². The Morgan fingerprint density at radius 3 is 2.35 bits per heavy atom. The van der Waals surface area contributed by atoms with Gasteiger partial charge in [-0.2, -0.15) is 0 Å². The van der Waals surface area contributed by atoms with Gasteiger partial charge < -0.3 is 14.4 Å². The maximum absolute atomic E-state index is 13.0. The number of carbonyl (C=O) groups is 1. The molecule has 168 valence electrons. The van der Waals surface area contributed by atoms with Crippen molar-refractivity contribution in [3.8, 4) is 11.5 Å². The van der Waals surface area contributed by atoms with Crippen LogP contribution in [0.5, 0.6) is 11.5 Å². The van der Waals surface area contributed by atoms with Gasteiger partial charge in [-0.15, -0.1) is 0 Å². The summed E-state index contributed by atoms with van der Waals surface area (Å²) < 4.78 is 12.8. The zero-order valence-electron chi connectivity index (χ0n) is 19.5. The first-order chi connectivity index (χ1) is 16.5. The molecule has 0 saturated heterocycles. The molecular formula is C30H25NO3. The molecule has 0 radical (unpaired) electrons. The zero-order valence-corrected chi connectivity index (χ0v) is 19.5. The molecule has 2 aliphatic heterocycles.